The highest BCUT2D eigenvalue weighted by Gasteiger charge is 2.44. The molecule has 0 bridgehead atoms. The Labute approximate surface area is 104 Å². The van der Waals surface area contributed by atoms with E-state index in [4.69, 9.17) is 14.6 Å². The van der Waals surface area contributed by atoms with Crippen molar-refractivity contribution in [2.75, 3.05) is 31.2 Å². The van der Waals surface area contributed by atoms with Crippen LogP contribution in [0.5, 0.6) is 0 Å². The fraction of sp³-hybridized carbons (Fsp3) is 0.500. The smallest absolute Gasteiger partial charge is 0.337 e. The summed E-state index contributed by atoms with van der Waals surface area (Å²) in [6.07, 6.45) is 3.82. The number of aromatic nitrogens is 1. The van der Waals surface area contributed by atoms with Gasteiger partial charge in [-0.1, -0.05) is 0 Å². The Kier molecular flexibility index (Phi) is 2.68. The molecule has 1 aromatic rings. The van der Waals surface area contributed by atoms with Crippen molar-refractivity contribution in [3.63, 3.8) is 0 Å². The summed E-state index contributed by atoms with van der Waals surface area (Å²) < 4.78 is 11.2. The minimum absolute atomic E-state index is 0.264. The molecule has 0 amide bonds. The second-order valence-corrected chi connectivity index (χ2v) is 4.48. The molecule has 0 aliphatic carbocycles. The standard InChI is InChI=1S/C12H14N2O4/c15-11(16)9-1-3-13-7-10(9)14-4-2-12(8-14)17-5-6-18-12/h1,3,7H,2,4-6,8H2,(H,15,16). The predicted molar refractivity (Wildman–Crippen MR) is 62.7 cm³/mol. The average molecular weight is 250 g/mol. The molecule has 18 heavy (non-hydrogen) atoms. The number of pyridine rings is 1. The number of rotatable bonds is 2. The molecule has 0 saturated carbocycles. The minimum Gasteiger partial charge on any atom is -0.478 e. The summed E-state index contributed by atoms with van der Waals surface area (Å²) in [6, 6.07) is 1.51. The van der Waals surface area contributed by atoms with Gasteiger partial charge in [-0.2, -0.15) is 0 Å². The molecule has 6 heteroatoms. The lowest BCUT2D eigenvalue weighted by Crippen LogP contribution is -2.34. The molecule has 2 saturated heterocycles. The SMILES string of the molecule is O=C(O)c1ccncc1N1CCC2(C1)OCCO2. The predicted octanol–water partition coefficient (Wildman–Crippen LogP) is 0.733. The van der Waals surface area contributed by atoms with Gasteiger partial charge in [0.2, 0.25) is 0 Å². The van der Waals surface area contributed by atoms with Crippen molar-refractivity contribution >= 4 is 11.7 Å². The molecule has 2 fully saturated rings. The van der Waals surface area contributed by atoms with Gasteiger partial charge in [-0.3, -0.25) is 4.98 Å². The molecular weight excluding hydrogens is 236 g/mol. The summed E-state index contributed by atoms with van der Waals surface area (Å²) >= 11 is 0. The van der Waals surface area contributed by atoms with Crippen molar-refractivity contribution < 1.29 is 19.4 Å². The van der Waals surface area contributed by atoms with Crippen LogP contribution < -0.4 is 4.90 Å². The molecule has 3 rings (SSSR count). The fourth-order valence-electron chi connectivity index (χ4n) is 2.51. The van der Waals surface area contributed by atoms with E-state index in [-0.39, 0.29) is 5.56 Å². The highest BCUT2D eigenvalue weighted by atomic mass is 16.7. The fourth-order valence-corrected chi connectivity index (χ4v) is 2.51. The molecule has 0 radical (unpaired) electrons. The summed E-state index contributed by atoms with van der Waals surface area (Å²) in [6.45, 7) is 2.48. The van der Waals surface area contributed by atoms with Crippen molar-refractivity contribution in [1.29, 1.82) is 0 Å². The Hall–Kier alpha value is -1.66. The van der Waals surface area contributed by atoms with Crippen LogP contribution in [0.15, 0.2) is 18.5 Å². The Morgan fingerprint density at radius 2 is 2.22 bits per heavy atom. The number of hydrogen-bond donors (Lipinski definition) is 1. The molecule has 96 valence electrons. The molecule has 1 spiro atoms. The Bertz CT molecular complexity index is 471. The first kappa shape index (κ1) is 11.4. The second kappa shape index (κ2) is 4.22. The van der Waals surface area contributed by atoms with E-state index in [0.29, 0.717) is 32.0 Å². The van der Waals surface area contributed by atoms with E-state index in [0.717, 1.165) is 6.42 Å². The summed E-state index contributed by atoms with van der Waals surface area (Å²) in [5, 5.41) is 9.17. The lowest BCUT2D eigenvalue weighted by Gasteiger charge is -2.24. The maximum atomic E-state index is 11.2. The lowest BCUT2D eigenvalue weighted by atomic mass is 10.2. The third-order valence-corrected chi connectivity index (χ3v) is 3.38. The van der Waals surface area contributed by atoms with Gasteiger partial charge in [0, 0.05) is 19.2 Å². The summed E-state index contributed by atoms with van der Waals surface area (Å²) in [5.41, 5.74) is 0.890. The zero-order valence-electron chi connectivity index (χ0n) is 9.83. The number of anilines is 1. The Balaban J connectivity index is 1.86. The van der Waals surface area contributed by atoms with Crippen LogP contribution in [0, 0.1) is 0 Å². The minimum atomic E-state index is -0.943. The van der Waals surface area contributed by atoms with Crippen LogP contribution in [0.2, 0.25) is 0 Å². The van der Waals surface area contributed by atoms with Crippen LogP contribution in [-0.2, 0) is 9.47 Å². The zero-order valence-corrected chi connectivity index (χ0v) is 9.83. The number of carbonyl (C=O) groups is 1. The first-order valence-corrected chi connectivity index (χ1v) is 5.90. The van der Waals surface area contributed by atoms with E-state index in [2.05, 4.69) is 4.98 Å². The van der Waals surface area contributed by atoms with E-state index in [1.165, 1.54) is 12.3 Å². The van der Waals surface area contributed by atoms with Crippen molar-refractivity contribution in [2.45, 2.75) is 12.2 Å². The van der Waals surface area contributed by atoms with Gasteiger partial charge in [-0.25, -0.2) is 4.79 Å². The normalized spacial score (nSPS) is 21.7. The van der Waals surface area contributed by atoms with Gasteiger partial charge in [0.25, 0.3) is 0 Å². The molecule has 2 aliphatic heterocycles. The van der Waals surface area contributed by atoms with Crippen molar-refractivity contribution in [1.82, 2.24) is 4.98 Å². The van der Waals surface area contributed by atoms with Crippen LogP contribution >= 0.6 is 0 Å². The maximum Gasteiger partial charge on any atom is 0.337 e. The molecule has 0 unspecified atom stereocenters. The van der Waals surface area contributed by atoms with Crippen LogP contribution in [-0.4, -0.2) is 48.2 Å². The van der Waals surface area contributed by atoms with Crippen LogP contribution in [0.1, 0.15) is 16.8 Å². The van der Waals surface area contributed by atoms with E-state index in [1.807, 2.05) is 4.90 Å². The van der Waals surface area contributed by atoms with Gasteiger partial charge in [0.1, 0.15) is 0 Å². The van der Waals surface area contributed by atoms with Gasteiger partial charge in [0.05, 0.1) is 37.2 Å². The summed E-state index contributed by atoms with van der Waals surface area (Å²) in [7, 11) is 0. The van der Waals surface area contributed by atoms with Gasteiger partial charge in [0.15, 0.2) is 5.79 Å². The van der Waals surface area contributed by atoms with Crippen LogP contribution in [0.4, 0.5) is 5.69 Å². The van der Waals surface area contributed by atoms with E-state index in [9.17, 15) is 4.79 Å². The third-order valence-electron chi connectivity index (χ3n) is 3.38. The summed E-state index contributed by atoms with van der Waals surface area (Å²) in [5.74, 6) is -1.49. The second-order valence-electron chi connectivity index (χ2n) is 4.48. The monoisotopic (exact) mass is 250 g/mol. The molecule has 0 atom stereocenters. The average Bonchev–Trinajstić information content (AvgIpc) is 3.00. The van der Waals surface area contributed by atoms with Crippen molar-refractivity contribution in [3.05, 3.63) is 24.0 Å². The summed E-state index contributed by atoms with van der Waals surface area (Å²) in [4.78, 5) is 17.1. The molecule has 1 aromatic heterocycles. The molecular formula is C12H14N2O4. The van der Waals surface area contributed by atoms with Crippen molar-refractivity contribution in [3.8, 4) is 0 Å². The first-order chi connectivity index (χ1) is 8.70. The van der Waals surface area contributed by atoms with Gasteiger partial charge in [-0.15, -0.1) is 0 Å². The van der Waals surface area contributed by atoms with Crippen molar-refractivity contribution in [2.24, 2.45) is 0 Å². The molecule has 3 heterocycles. The first-order valence-electron chi connectivity index (χ1n) is 5.90. The highest BCUT2D eigenvalue weighted by molar-refractivity contribution is 5.94. The maximum absolute atomic E-state index is 11.2. The molecule has 0 aromatic carbocycles. The zero-order chi connectivity index (χ0) is 12.6. The largest absolute Gasteiger partial charge is 0.478 e. The van der Waals surface area contributed by atoms with Gasteiger partial charge in [-0.05, 0) is 6.07 Å². The van der Waals surface area contributed by atoms with Gasteiger partial charge >= 0.3 is 5.97 Å². The number of nitrogens with zero attached hydrogens (tertiary/aromatic N) is 2. The Morgan fingerprint density at radius 3 is 2.94 bits per heavy atom. The Morgan fingerprint density at radius 1 is 1.44 bits per heavy atom. The van der Waals surface area contributed by atoms with Gasteiger partial charge < -0.3 is 19.5 Å². The lowest BCUT2D eigenvalue weighted by molar-refractivity contribution is -0.137. The third kappa shape index (κ3) is 1.83. The number of ether oxygens (including phenoxy) is 2. The van der Waals surface area contributed by atoms with Crippen LogP contribution in [0.25, 0.3) is 0 Å². The quantitative estimate of drug-likeness (QED) is 0.834. The molecule has 6 nitrogen and oxygen atoms in total. The van der Waals surface area contributed by atoms with E-state index in [1.54, 1.807) is 6.20 Å². The molecule has 2 aliphatic rings. The number of carboxylic acid groups (broad SMARTS) is 1. The highest BCUT2D eigenvalue weighted by Crippen LogP contribution is 2.34. The number of aromatic carboxylic acids is 1. The number of hydrogen-bond acceptors (Lipinski definition) is 5. The van der Waals surface area contributed by atoms with E-state index >= 15 is 0 Å². The number of carboxylic acids is 1. The van der Waals surface area contributed by atoms with Crippen LogP contribution in [0.3, 0.4) is 0 Å². The molecule has 1 N–H and O–H groups in total. The van der Waals surface area contributed by atoms with E-state index < -0.39 is 11.8 Å². The topological polar surface area (TPSA) is 71.9 Å².